The van der Waals surface area contributed by atoms with Crippen LogP contribution >= 0.6 is 0 Å². The maximum atomic E-state index is 10.1. The van der Waals surface area contributed by atoms with Gasteiger partial charge < -0.3 is 5.11 Å². The highest BCUT2D eigenvalue weighted by molar-refractivity contribution is 5.68. The van der Waals surface area contributed by atoms with Gasteiger partial charge in [0.15, 0.2) is 0 Å². The third-order valence-electron chi connectivity index (χ3n) is 1.14. The van der Waals surface area contributed by atoms with Crippen molar-refractivity contribution in [3.8, 4) is 24.2 Å². The molecule has 0 unspecified atom stereocenters. The second-order valence-corrected chi connectivity index (χ2v) is 2.30. The van der Waals surface area contributed by atoms with E-state index in [1.165, 1.54) is 6.08 Å². The molecule has 0 fully saturated rings. The van der Waals surface area contributed by atoms with Crippen molar-refractivity contribution >= 4 is 5.97 Å². The minimum atomic E-state index is -0.848. The molecule has 0 atom stereocenters. The van der Waals surface area contributed by atoms with Gasteiger partial charge in [0, 0.05) is 6.08 Å². The lowest BCUT2D eigenvalue weighted by Crippen LogP contribution is -1.89. The highest BCUT2D eigenvalue weighted by Gasteiger charge is 1.86. The van der Waals surface area contributed by atoms with E-state index >= 15 is 0 Å². The summed E-state index contributed by atoms with van der Waals surface area (Å²) in [5.74, 6) is 6.30. The molecule has 0 rings (SSSR count). The van der Waals surface area contributed by atoms with Crippen molar-refractivity contribution in [1.82, 2.24) is 0 Å². The normalized spacial score (nSPS) is 8.73. The molecule has 0 aromatic carbocycles. The lowest BCUT2D eigenvalue weighted by atomic mass is 10.3. The molecule has 2 heteroatoms. The third-order valence-corrected chi connectivity index (χ3v) is 1.14. The highest BCUT2D eigenvalue weighted by Crippen LogP contribution is 1.84. The van der Waals surface area contributed by atoms with Crippen molar-refractivity contribution < 1.29 is 9.90 Å². The molecule has 0 aliphatic rings. The molecular weight excluding hydrogens is 188 g/mol. The minimum Gasteiger partial charge on any atom is -0.481 e. The maximum absolute atomic E-state index is 10.1. The molecule has 0 saturated carbocycles. The Labute approximate surface area is 89.3 Å². The third kappa shape index (κ3) is 11.6. The first-order valence-corrected chi connectivity index (χ1v) is 4.18. The van der Waals surface area contributed by atoms with Crippen LogP contribution in [0.2, 0.25) is 0 Å². The summed E-state index contributed by atoms with van der Waals surface area (Å²) in [6.45, 7) is 0. The summed E-state index contributed by atoms with van der Waals surface area (Å²) < 4.78 is 0. The first-order valence-electron chi connectivity index (χ1n) is 4.18. The van der Waals surface area contributed by atoms with Crippen LogP contribution in [-0.2, 0) is 4.79 Å². The Morgan fingerprint density at radius 2 is 2.13 bits per heavy atom. The molecule has 0 aliphatic heterocycles. The van der Waals surface area contributed by atoms with Crippen molar-refractivity contribution in [1.29, 1.82) is 0 Å². The van der Waals surface area contributed by atoms with Crippen LogP contribution in [0.15, 0.2) is 42.2 Å². The average Bonchev–Trinajstić information content (AvgIpc) is 2.20. The molecule has 1 N–H and O–H groups in total. The zero-order valence-corrected chi connectivity index (χ0v) is 8.10. The van der Waals surface area contributed by atoms with Gasteiger partial charge in [0.25, 0.3) is 0 Å². The van der Waals surface area contributed by atoms with Gasteiger partial charge in [-0.1, -0.05) is 30.2 Å². The van der Waals surface area contributed by atoms with Gasteiger partial charge in [-0.05, 0) is 17.9 Å². The number of terminal acetylenes is 1. The first kappa shape index (κ1) is 12.6. The Balaban J connectivity index is 3.91. The number of rotatable bonds is 4. The maximum Gasteiger partial charge on any atom is 0.307 e. The van der Waals surface area contributed by atoms with Crippen LogP contribution in [0.1, 0.15) is 6.42 Å². The van der Waals surface area contributed by atoms with E-state index in [4.69, 9.17) is 11.5 Å². The molecule has 0 amide bonds. The fraction of sp³-hybridized carbons (Fsp3) is 0.0769. The Hall–Kier alpha value is -2.41. The molecule has 15 heavy (non-hydrogen) atoms. The summed E-state index contributed by atoms with van der Waals surface area (Å²) in [7, 11) is 0. The van der Waals surface area contributed by atoms with Crippen LogP contribution in [0.25, 0.3) is 0 Å². The molecule has 0 aromatic heterocycles. The molecule has 74 valence electrons. The smallest absolute Gasteiger partial charge is 0.307 e. The number of carboxylic acids is 1. The first-order chi connectivity index (χ1) is 7.27. The fourth-order valence-corrected chi connectivity index (χ4v) is 0.590. The van der Waals surface area contributed by atoms with Crippen LogP contribution in [0.4, 0.5) is 0 Å². The summed E-state index contributed by atoms with van der Waals surface area (Å²) in [6.07, 6.45) is 14.7. The number of carboxylic acid groups (broad SMARTS) is 1. The van der Waals surface area contributed by atoms with Gasteiger partial charge in [0.05, 0.1) is 6.42 Å². The van der Waals surface area contributed by atoms with Crippen LogP contribution in [-0.4, -0.2) is 11.1 Å². The van der Waals surface area contributed by atoms with Gasteiger partial charge >= 0.3 is 5.97 Å². The molecule has 0 aromatic rings. The summed E-state index contributed by atoms with van der Waals surface area (Å²) >= 11 is 0. The lowest BCUT2D eigenvalue weighted by Gasteiger charge is -1.79. The number of carbonyl (C=O) groups is 1. The van der Waals surface area contributed by atoms with Crippen LogP contribution < -0.4 is 0 Å². The van der Waals surface area contributed by atoms with Crippen LogP contribution in [0, 0.1) is 24.2 Å². The molecule has 0 aliphatic carbocycles. The van der Waals surface area contributed by atoms with Crippen LogP contribution in [0.3, 0.4) is 0 Å². The van der Waals surface area contributed by atoms with Crippen molar-refractivity contribution in [2.75, 3.05) is 0 Å². The van der Waals surface area contributed by atoms with Gasteiger partial charge in [-0.25, -0.2) is 0 Å². The van der Waals surface area contributed by atoms with Crippen molar-refractivity contribution in [3.63, 3.8) is 0 Å². The van der Waals surface area contributed by atoms with E-state index in [-0.39, 0.29) is 6.42 Å². The zero-order valence-electron chi connectivity index (χ0n) is 8.10. The molecular formula is C13H10O2. The zero-order chi connectivity index (χ0) is 11.4. The SMILES string of the molecule is C#CC#CC=C=CC=CC=CCC(=O)O. The largest absolute Gasteiger partial charge is 0.481 e. The Kier molecular flexibility index (Phi) is 8.12. The van der Waals surface area contributed by atoms with E-state index < -0.39 is 5.97 Å². The molecule has 0 heterocycles. The van der Waals surface area contributed by atoms with Gasteiger partial charge in [0.2, 0.25) is 0 Å². The second kappa shape index (κ2) is 9.68. The van der Waals surface area contributed by atoms with Gasteiger partial charge in [-0.2, -0.15) is 0 Å². The molecule has 0 radical (unpaired) electrons. The molecule has 0 spiro atoms. The molecule has 0 bridgehead atoms. The number of allylic oxidation sites excluding steroid dienone is 4. The number of hydrogen-bond acceptors (Lipinski definition) is 1. The summed E-state index contributed by atoms with van der Waals surface area (Å²) in [6, 6.07) is 0. The van der Waals surface area contributed by atoms with Crippen molar-refractivity contribution in [3.05, 3.63) is 42.2 Å². The van der Waals surface area contributed by atoms with E-state index in [0.717, 1.165) is 0 Å². The predicted octanol–water partition coefficient (Wildman–Crippen LogP) is 1.92. The van der Waals surface area contributed by atoms with E-state index in [1.54, 1.807) is 30.4 Å². The fourth-order valence-electron chi connectivity index (χ4n) is 0.590. The minimum absolute atomic E-state index is 0.0253. The Morgan fingerprint density at radius 3 is 2.80 bits per heavy atom. The van der Waals surface area contributed by atoms with E-state index in [9.17, 15) is 4.79 Å². The monoisotopic (exact) mass is 198 g/mol. The Bertz CT molecular complexity index is 414. The summed E-state index contributed by atoms with van der Waals surface area (Å²) in [4.78, 5) is 10.1. The second-order valence-electron chi connectivity index (χ2n) is 2.30. The summed E-state index contributed by atoms with van der Waals surface area (Å²) in [5.41, 5.74) is 2.76. The van der Waals surface area contributed by atoms with Gasteiger partial charge in [-0.15, -0.1) is 12.2 Å². The number of hydrogen-bond donors (Lipinski definition) is 1. The highest BCUT2D eigenvalue weighted by atomic mass is 16.4. The van der Waals surface area contributed by atoms with E-state index in [1.807, 2.05) is 0 Å². The van der Waals surface area contributed by atoms with Gasteiger partial charge in [-0.3, -0.25) is 4.79 Å². The quantitative estimate of drug-likeness (QED) is 0.425. The molecule has 0 saturated heterocycles. The van der Waals surface area contributed by atoms with Gasteiger partial charge in [0.1, 0.15) is 0 Å². The van der Waals surface area contributed by atoms with E-state index in [0.29, 0.717) is 0 Å². The topological polar surface area (TPSA) is 37.3 Å². The predicted molar refractivity (Wildman–Crippen MR) is 59.8 cm³/mol. The summed E-state index contributed by atoms with van der Waals surface area (Å²) in [5, 5.41) is 8.30. The van der Waals surface area contributed by atoms with Crippen molar-refractivity contribution in [2.24, 2.45) is 0 Å². The molecule has 2 nitrogen and oxygen atoms in total. The average molecular weight is 198 g/mol. The standard InChI is InChI=1S/C13H10O2/c1-2-3-4-5-6-7-8-9-10-11-12-13(14)15/h1,5,7-11H,12H2,(H,14,15). The Morgan fingerprint density at radius 1 is 1.33 bits per heavy atom. The number of aliphatic carboxylic acids is 1. The lowest BCUT2D eigenvalue weighted by molar-refractivity contribution is -0.135. The van der Waals surface area contributed by atoms with Crippen LogP contribution in [0.5, 0.6) is 0 Å². The van der Waals surface area contributed by atoms with E-state index in [2.05, 4.69) is 23.5 Å². The van der Waals surface area contributed by atoms with Crippen molar-refractivity contribution in [2.45, 2.75) is 6.42 Å².